The van der Waals surface area contributed by atoms with Crippen LogP contribution in [0.4, 0.5) is 4.39 Å². The van der Waals surface area contributed by atoms with Crippen LogP contribution in [0.5, 0.6) is 0 Å². The fourth-order valence-electron chi connectivity index (χ4n) is 3.25. The van der Waals surface area contributed by atoms with Crippen molar-refractivity contribution in [1.29, 1.82) is 0 Å². The number of aliphatic carboxylic acids is 1. The zero-order valence-corrected chi connectivity index (χ0v) is 13.4. The molecule has 1 aromatic carbocycles. The summed E-state index contributed by atoms with van der Waals surface area (Å²) in [6.45, 7) is 4.33. The van der Waals surface area contributed by atoms with Gasteiger partial charge in [0.1, 0.15) is 5.82 Å². The molecule has 4 heteroatoms. The van der Waals surface area contributed by atoms with Gasteiger partial charge in [-0.25, -0.2) is 4.39 Å². The van der Waals surface area contributed by atoms with E-state index in [4.69, 9.17) is 0 Å². The molecule has 2 rings (SSSR count). The molecule has 0 spiro atoms. The average molecular weight is 343 g/mol. The van der Waals surface area contributed by atoms with E-state index in [9.17, 15) is 14.3 Å². The van der Waals surface area contributed by atoms with Gasteiger partial charge in [-0.15, -0.1) is 0 Å². The summed E-state index contributed by atoms with van der Waals surface area (Å²) in [7, 11) is 0. The standard InChI is InChI=1S/C16H20BrFO2/c1-16(2)6-5-13(15(19)20)11(9-16)7-10-3-4-12(17)8-14(10)18/h3-4,8,11,13H,5-7,9H2,1-2H3,(H,19,20). The highest BCUT2D eigenvalue weighted by Crippen LogP contribution is 2.43. The zero-order valence-electron chi connectivity index (χ0n) is 11.8. The fraction of sp³-hybridized carbons (Fsp3) is 0.562. The Bertz CT molecular complexity index is 513. The first kappa shape index (κ1) is 15.5. The molecule has 1 aromatic rings. The van der Waals surface area contributed by atoms with Crippen LogP contribution in [-0.4, -0.2) is 11.1 Å². The highest BCUT2D eigenvalue weighted by Gasteiger charge is 2.38. The fourth-order valence-corrected chi connectivity index (χ4v) is 3.58. The van der Waals surface area contributed by atoms with Crippen LogP contribution in [0.15, 0.2) is 22.7 Å². The van der Waals surface area contributed by atoms with Gasteiger partial charge in [0.15, 0.2) is 0 Å². The van der Waals surface area contributed by atoms with Gasteiger partial charge >= 0.3 is 5.97 Å². The first-order chi connectivity index (χ1) is 9.28. The van der Waals surface area contributed by atoms with Crippen molar-refractivity contribution in [3.8, 4) is 0 Å². The molecule has 0 saturated heterocycles. The molecule has 2 atom stereocenters. The molecule has 20 heavy (non-hydrogen) atoms. The summed E-state index contributed by atoms with van der Waals surface area (Å²) in [5.41, 5.74) is 0.754. The van der Waals surface area contributed by atoms with Crippen molar-refractivity contribution in [2.45, 2.75) is 39.5 Å². The summed E-state index contributed by atoms with van der Waals surface area (Å²) in [5.74, 6) is -1.35. The Labute approximate surface area is 127 Å². The number of carbonyl (C=O) groups is 1. The molecule has 2 nitrogen and oxygen atoms in total. The quantitative estimate of drug-likeness (QED) is 0.867. The van der Waals surface area contributed by atoms with Crippen molar-refractivity contribution in [3.63, 3.8) is 0 Å². The maximum Gasteiger partial charge on any atom is 0.306 e. The number of hydrogen-bond acceptors (Lipinski definition) is 1. The smallest absolute Gasteiger partial charge is 0.306 e. The number of hydrogen-bond donors (Lipinski definition) is 1. The van der Waals surface area contributed by atoms with E-state index in [1.54, 1.807) is 6.07 Å². The van der Waals surface area contributed by atoms with E-state index >= 15 is 0 Å². The lowest BCUT2D eigenvalue weighted by Gasteiger charge is -2.39. The normalized spacial score (nSPS) is 25.4. The summed E-state index contributed by atoms with van der Waals surface area (Å²) in [5, 5.41) is 9.37. The highest BCUT2D eigenvalue weighted by molar-refractivity contribution is 9.10. The van der Waals surface area contributed by atoms with Crippen LogP contribution >= 0.6 is 15.9 Å². The van der Waals surface area contributed by atoms with E-state index in [2.05, 4.69) is 29.8 Å². The molecule has 1 N–H and O–H groups in total. The van der Waals surface area contributed by atoms with Crippen LogP contribution in [0.1, 0.15) is 38.7 Å². The number of carboxylic acids is 1. The van der Waals surface area contributed by atoms with Crippen molar-refractivity contribution in [1.82, 2.24) is 0 Å². The molecule has 0 aliphatic heterocycles. The molecule has 1 fully saturated rings. The largest absolute Gasteiger partial charge is 0.481 e. The predicted molar refractivity (Wildman–Crippen MR) is 80.1 cm³/mol. The molecule has 0 aromatic heterocycles. The first-order valence-electron chi connectivity index (χ1n) is 6.95. The number of carboxylic acid groups (broad SMARTS) is 1. The third-order valence-electron chi connectivity index (χ3n) is 4.33. The topological polar surface area (TPSA) is 37.3 Å². The van der Waals surface area contributed by atoms with Crippen molar-refractivity contribution in [3.05, 3.63) is 34.1 Å². The Balaban J connectivity index is 2.20. The Morgan fingerprint density at radius 3 is 2.80 bits per heavy atom. The summed E-state index contributed by atoms with van der Waals surface area (Å²) in [6.07, 6.45) is 2.94. The maximum atomic E-state index is 13.9. The van der Waals surface area contributed by atoms with Gasteiger partial charge in [0.05, 0.1) is 5.92 Å². The van der Waals surface area contributed by atoms with E-state index in [0.29, 0.717) is 22.9 Å². The SMILES string of the molecule is CC1(C)CCC(C(=O)O)C(Cc2ccc(Br)cc2F)C1. The third-order valence-corrected chi connectivity index (χ3v) is 4.82. The van der Waals surface area contributed by atoms with E-state index in [1.165, 1.54) is 6.07 Å². The number of rotatable bonds is 3. The minimum Gasteiger partial charge on any atom is -0.481 e. The maximum absolute atomic E-state index is 13.9. The molecule has 0 amide bonds. The molecule has 0 radical (unpaired) electrons. The third kappa shape index (κ3) is 3.60. The van der Waals surface area contributed by atoms with Gasteiger partial charge in [0.2, 0.25) is 0 Å². The molecule has 0 heterocycles. The summed E-state index contributed by atoms with van der Waals surface area (Å²) in [4.78, 5) is 11.4. The van der Waals surface area contributed by atoms with Gasteiger partial charge in [0, 0.05) is 4.47 Å². The van der Waals surface area contributed by atoms with Crippen molar-refractivity contribution in [2.75, 3.05) is 0 Å². The average Bonchev–Trinajstić information content (AvgIpc) is 2.31. The predicted octanol–water partition coefficient (Wildman–Crippen LogP) is 4.66. The van der Waals surface area contributed by atoms with E-state index in [-0.39, 0.29) is 23.1 Å². The molecular formula is C16H20BrFO2. The Kier molecular flexibility index (Phi) is 4.52. The highest BCUT2D eigenvalue weighted by atomic mass is 79.9. The van der Waals surface area contributed by atoms with Crippen LogP contribution in [0.25, 0.3) is 0 Å². The van der Waals surface area contributed by atoms with Crippen LogP contribution < -0.4 is 0 Å². The summed E-state index contributed by atoms with van der Waals surface area (Å²) < 4.78 is 14.7. The second-order valence-corrected chi connectivity index (χ2v) is 7.47. The Morgan fingerprint density at radius 1 is 1.50 bits per heavy atom. The van der Waals surface area contributed by atoms with Gasteiger partial charge < -0.3 is 5.11 Å². The van der Waals surface area contributed by atoms with Crippen LogP contribution in [0.3, 0.4) is 0 Å². The van der Waals surface area contributed by atoms with Crippen LogP contribution in [0, 0.1) is 23.1 Å². The van der Waals surface area contributed by atoms with E-state index in [1.807, 2.05) is 6.07 Å². The van der Waals surface area contributed by atoms with Gasteiger partial charge in [-0.05, 0) is 54.7 Å². The van der Waals surface area contributed by atoms with Crippen molar-refractivity contribution < 1.29 is 14.3 Å². The summed E-state index contributed by atoms with van der Waals surface area (Å²) in [6, 6.07) is 5.00. The zero-order chi connectivity index (χ0) is 14.9. The molecule has 1 aliphatic rings. The lowest BCUT2D eigenvalue weighted by atomic mass is 9.65. The second-order valence-electron chi connectivity index (χ2n) is 6.55. The molecular weight excluding hydrogens is 323 g/mol. The molecule has 1 aliphatic carbocycles. The number of halogens is 2. The van der Waals surface area contributed by atoms with Gasteiger partial charge in [0.25, 0.3) is 0 Å². The minimum atomic E-state index is -0.747. The Morgan fingerprint density at radius 2 is 2.20 bits per heavy atom. The van der Waals surface area contributed by atoms with E-state index in [0.717, 1.165) is 12.8 Å². The Hall–Kier alpha value is -0.900. The van der Waals surface area contributed by atoms with Crippen molar-refractivity contribution in [2.24, 2.45) is 17.3 Å². The second kappa shape index (κ2) is 5.84. The molecule has 2 unspecified atom stereocenters. The van der Waals surface area contributed by atoms with E-state index < -0.39 is 5.97 Å². The van der Waals surface area contributed by atoms with Crippen molar-refractivity contribution >= 4 is 21.9 Å². The van der Waals surface area contributed by atoms with Crippen LogP contribution in [-0.2, 0) is 11.2 Å². The monoisotopic (exact) mass is 342 g/mol. The van der Waals surface area contributed by atoms with Crippen LogP contribution in [0.2, 0.25) is 0 Å². The first-order valence-corrected chi connectivity index (χ1v) is 7.74. The molecule has 1 saturated carbocycles. The van der Waals surface area contributed by atoms with Gasteiger partial charge in [-0.2, -0.15) is 0 Å². The lowest BCUT2D eigenvalue weighted by Crippen LogP contribution is -2.35. The van der Waals surface area contributed by atoms with Gasteiger partial charge in [-0.3, -0.25) is 4.79 Å². The van der Waals surface area contributed by atoms with Gasteiger partial charge in [-0.1, -0.05) is 35.8 Å². The minimum absolute atomic E-state index is 0.00641. The molecule has 110 valence electrons. The number of benzene rings is 1. The summed E-state index contributed by atoms with van der Waals surface area (Å²) >= 11 is 3.24. The molecule has 0 bridgehead atoms. The lowest BCUT2D eigenvalue weighted by molar-refractivity contribution is -0.146.